The fourth-order valence-corrected chi connectivity index (χ4v) is 3.57. The van der Waals surface area contributed by atoms with E-state index in [0.717, 1.165) is 11.2 Å². The fourth-order valence-electron chi connectivity index (χ4n) is 3.57. The van der Waals surface area contributed by atoms with Crippen LogP contribution >= 0.6 is 0 Å². The molecule has 0 bridgehead atoms. The Balaban J connectivity index is 1.72. The highest BCUT2D eigenvalue weighted by molar-refractivity contribution is 6.07. The summed E-state index contributed by atoms with van der Waals surface area (Å²) in [6, 6.07) is 18.3. The number of fused-ring (bicyclic) bond motifs is 1. The van der Waals surface area contributed by atoms with E-state index in [1.54, 1.807) is 36.4 Å². The van der Waals surface area contributed by atoms with Crippen molar-refractivity contribution in [2.24, 2.45) is 5.73 Å². The molecule has 6 nitrogen and oxygen atoms in total. The highest BCUT2D eigenvalue weighted by Gasteiger charge is 2.18. The summed E-state index contributed by atoms with van der Waals surface area (Å²) in [5.41, 5.74) is 8.18. The molecule has 4 aromatic rings. The first kappa shape index (κ1) is 20.6. The summed E-state index contributed by atoms with van der Waals surface area (Å²) in [6.07, 6.45) is 1.05. The van der Waals surface area contributed by atoms with Crippen LogP contribution < -0.4 is 10.5 Å². The lowest BCUT2D eigenvalue weighted by atomic mass is 10.0. The zero-order valence-electron chi connectivity index (χ0n) is 16.5. The van der Waals surface area contributed by atoms with Gasteiger partial charge in [-0.2, -0.15) is 0 Å². The Morgan fingerprint density at radius 1 is 1.03 bits per heavy atom. The third kappa shape index (κ3) is 4.28. The van der Waals surface area contributed by atoms with Crippen LogP contribution in [-0.2, 0) is 6.42 Å². The number of rotatable bonds is 7. The molecule has 1 atom stereocenters. The Labute approximate surface area is 177 Å². The largest absolute Gasteiger partial charge is 0.457 e. The van der Waals surface area contributed by atoms with Crippen LogP contribution in [0.3, 0.4) is 0 Å². The molecule has 1 aromatic heterocycles. The fraction of sp³-hybridized carbons (Fsp3) is 0.125. The molecule has 0 saturated heterocycles. The first-order chi connectivity index (χ1) is 15.0. The van der Waals surface area contributed by atoms with Crippen molar-refractivity contribution in [1.82, 2.24) is 4.57 Å². The van der Waals surface area contributed by atoms with Crippen molar-refractivity contribution in [2.45, 2.75) is 12.5 Å². The molecule has 1 unspecified atom stereocenters. The van der Waals surface area contributed by atoms with Crippen LogP contribution in [0.15, 0.2) is 72.9 Å². The van der Waals surface area contributed by atoms with Gasteiger partial charge in [-0.1, -0.05) is 6.07 Å². The zero-order chi connectivity index (χ0) is 22.0. The number of halogens is 1. The van der Waals surface area contributed by atoms with Gasteiger partial charge in [0.15, 0.2) is 0 Å². The van der Waals surface area contributed by atoms with Crippen molar-refractivity contribution >= 4 is 16.8 Å². The van der Waals surface area contributed by atoms with Crippen LogP contribution in [0, 0.1) is 5.82 Å². The Hall–Kier alpha value is -3.68. The maximum Gasteiger partial charge on any atom is 0.249 e. The zero-order valence-corrected chi connectivity index (χ0v) is 16.5. The SMILES string of the molecule is NC(=O)c1cccc2c1c(CC(O)CO)cn2-c1ccc(Oc2ccc(F)cc2)cc1. The molecule has 1 amide bonds. The van der Waals surface area contributed by atoms with E-state index in [1.165, 1.54) is 12.1 Å². The first-order valence-corrected chi connectivity index (χ1v) is 9.72. The van der Waals surface area contributed by atoms with E-state index in [4.69, 9.17) is 10.5 Å². The number of aliphatic hydroxyl groups excluding tert-OH is 2. The van der Waals surface area contributed by atoms with Gasteiger partial charge in [0.2, 0.25) is 5.91 Å². The topological polar surface area (TPSA) is 97.7 Å². The Kier molecular flexibility index (Phi) is 5.70. The monoisotopic (exact) mass is 420 g/mol. The number of hydrogen-bond acceptors (Lipinski definition) is 4. The van der Waals surface area contributed by atoms with Gasteiger partial charge in [-0.05, 0) is 66.2 Å². The van der Waals surface area contributed by atoms with Crippen LogP contribution in [0.4, 0.5) is 4.39 Å². The van der Waals surface area contributed by atoms with Gasteiger partial charge in [-0.15, -0.1) is 0 Å². The molecule has 0 fully saturated rings. The Morgan fingerprint density at radius 2 is 1.68 bits per heavy atom. The molecule has 0 aliphatic heterocycles. The van der Waals surface area contributed by atoms with Gasteiger partial charge in [-0.25, -0.2) is 4.39 Å². The molecule has 4 N–H and O–H groups in total. The molecule has 0 radical (unpaired) electrons. The van der Waals surface area contributed by atoms with E-state index in [2.05, 4.69) is 0 Å². The predicted octanol–water partition coefficient (Wildman–Crippen LogP) is 3.56. The van der Waals surface area contributed by atoms with Crippen LogP contribution in [0.5, 0.6) is 11.5 Å². The van der Waals surface area contributed by atoms with E-state index in [0.29, 0.717) is 28.0 Å². The average Bonchev–Trinajstić information content (AvgIpc) is 3.14. The van der Waals surface area contributed by atoms with Gasteiger partial charge in [0, 0.05) is 29.3 Å². The third-order valence-electron chi connectivity index (χ3n) is 5.00. The third-order valence-corrected chi connectivity index (χ3v) is 5.00. The number of carbonyl (C=O) groups excluding carboxylic acids is 1. The molecule has 0 aliphatic rings. The van der Waals surface area contributed by atoms with Crippen molar-refractivity contribution in [2.75, 3.05) is 6.61 Å². The van der Waals surface area contributed by atoms with Crippen LogP contribution in [0.1, 0.15) is 15.9 Å². The van der Waals surface area contributed by atoms with Gasteiger partial charge in [0.05, 0.1) is 18.2 Å². The van der Waals surface area contributed by atoms with Crippen LogP contribution in [0.2, 0.25) is 0 Å². The van der Waals surface area contributed by atoms with E-state index in [9.17, 15) is 19.4 Å². The first-order valence-electron chi connectivity index (χ1n) is 9.72. The second-order valence-corrected chi connectivity index (χ2v) is 7.18. The maximum absolute atomic E-state index is 13.1. The molecule has 0 aliphatic carbocycles. The molecule has 7 heteroatoms. The van der Waals surface area contributed by atoms with Gasteiger partial charge in [-0.3, -0.25) is 4.79 Å². The molecule has 158 valence electrons. The Bertz CT molecular complexity index is 1220. The molecular weight excluding hydrogens is 399 g/mol. The van der Waals surface area contributed by atoms with E-state index < -0.39 is 12.0 Å². The summed E-state index contributed by atoms with van der Waals surface area (Å²) >= 11 is 0. The molecule has 1 heterocycles. The number of aliphatic hydroxyl groups is 2. The minimum Gasteiger partial charge on any atom is -0.457 e. The molecule has 0 spiro atoms. The maximum atomic E-state index is 13.1. The Morgan fingerprint density at radius 3 is 2.29 bits per heavy atom. The highest BCUT2D eigenvalue weighted by atomic mass is 19.1. The smallest absolute Gasteiger partial charge is 0.249 e. The standard InChI is InChI=1S/C24H21FN2O4/c25-16-4-8-19(9-5-16)31-20-10-6-17(7-11-20)27-13-15(12-18(29)14-28)23-21(24(26)30)2-1-3-22(23)27/h1-11,13,18,28-29H,12,14H2,(H2,26,30). The van der Waals surface area contributed by atoms with E-state index in [-0.39, 0.29) is 18.8 Å². The summed E-state index contributed by atoms with van der Waals surface area (Å²) in [6.45, 7) is -0.388. The number of hydrogen-bond donors (Lipinski definition) is 3. The van der Waals surface area contributed by atoms with Crippen molar-refractivity contribution in [3.8, 4) is 17.2 Å². The number of aromatic nitrogens is 1. The van der Waals surface area contributed by atoms with Crippen LogP contribution in [-0.4, -0.2) is 33.4 Å². The van der Waals surface area contributed by atoms with Crippen molar-refractivity contribution in [3.05, 3.63) is 89.9 Å². The predicted molar refractivity (Wildman–Crippen MR) is 115 cm³/mol. The minimum atomic E-state index is -0.952. The van der Waals surface area contributed by atoms with E-state index in [1.807, 2.05) is 29.0 Å². The second-order valence-electron chi connectivity index (χ2n) is 7.18. The number of nitrogens with two attached hydrogens (primary N) is 1. The molecule has 3 aromatic carbocycles. The van der Waals surface area contributed by atoms with Gasteiger partial charge in [0.25, 0.3) is 0 Å². The normalized spacial score (nSPS) is 12.1. The quantitative estimate of drug-likeness (QED) is 0.426. The summed E-state index contributed by atoms with van der Waals surface area (Å²) < 4.78 is 20.7. The number of primary amides is 1. The lowest BCUT2D eigenvalue weighted by Crippen LogP contribution is -2.16. The van der Waals surface area contributed by atoms with Crippen molar-refractivity contribution in [3.63, 3.8) is 0 Å². The molecule has 4 rings (SSSR count). The van der Waals surface area contributed by atoms with Gasteiger partial charge in [0.1, 0.15) is 17.3 Å². The average molecular weight is 420 g/mol. The molecule has 0 saturated carbocycles. The minimum absolute atomic E-state index is 0.177. The van der Waals surface area contributed by atoms with Crippen molar-refractivity contribution in [1.29, 1.82) is 0 Å². The summed E-state index contributed by atoms with van der Waals surface area (Å²) in [7, 11) is 0. The molecular formula is C24H21FN2O4. The number of carbonyl (C=O) groups is 1. The second kappa shape index (κ2) is 8.59. The summed E-state index contributed by atoms with van der Waals surface area (Å²) in [5.74, 6) is 0.207. The number of ether oxygens (including phenoxy) is 1. The van der Waals surface area contributed by atoms with Crippen molar-refractivity contribution < 1.29 is 24.1 Å². The molecule has 31 heavy (non-hydrogen) atoms. The highest BCUT2D eigenvalue weighted by Crippen LogP contribution is 2.30. The lowest BCUT2D eigenvalue weighted by Gasteiger charge is -2.09. The lowest BCUT2D eigenvalue weighted by molar-refractivity contribution is 0.0956. The summed E-state index contributed by atoms with van der Waals surface area (Å²) in [4.78, 5) is 12.0. The van der Waals surface area contributed by atoms with Gasteiger partial charge < -0.3 is 25.3 Å². The number of benzene rings is 3. The van der Waals surface area contributed by atoms with Crippen LogP contribution in [0.25, 0.3) is 16.6 Å². The number of nitrogens with zero attached hydrogens (tertiary/aromatic N) is 1. The number of amides is 1. The van der Waals surface area contributed by atoms with Gasteiger partial charge >= 0.3 is 0 Å². The summed E-state index contributed by atoms with van der Waals surface area (Å²) in [5, 5.41) is 19.9. The van der Waals surface area contributed by atoms with E-state index >= 15 is 0 Å².